The van der Waals surface area contributed by atoms with Gasteiger partial charge in [-0.05, 0) is 94.0 Å². The lowest BCUT2D eigenvalue weighted by atomic mass is 9.49. The van der Waals surface area contributed by atoms with E-state index >= 15 is 0 Å². The summed E-state index contributed by atoms with van der Waals surface area (Å²) >= 11 is 0. The van der Waals surface area contributed by atoms with E-state index in [4.69, 9.17) is 0 Å². The highest BCUT2D eigenvalue weighted by Gasteiger charge is 2.58. The Morgan fingerprint density at radius 2 is 1.57 bits per heavy atom. The van der Waals surface area contributed by atoms with Gasteiger partial charge in [-0.15, -0.1) is 0 Å². The molecule has 0 spiro atoms. The number of aromatic nitrogens is 2. The minimum Gasteiger partial charge on any atom is -0.345 e. The van der Waals surface area contributed by atoms with Crippen molar-refractivity contribution in [1.82, 2.24) is 20.6 Å². The van der Waals surface area contributed by atoms with Crippen molar-refractivity contribution in [2.45, 2.75) is 63.5 Å². The molecule has 6 heteroatoms. The second-order valence-electron chi connectivity index (χ2n) is 9.81. The molecule has 156 valence electrons. The summed E-state index contributed by atoms with van der Waals surface area (Å²) in [6.45, 7) is 3.86. The lowest BCUT2D eigenvalue weighted by Gasteiger charge is -2.62. The van der Waals surface area contributed by atoms with Crippen molar-refractivity contribution in [2.24, 2.45) is 11.8 Å². The molecule has 2 amide bonds. The third kappa shape index (κ3) is 3.48. The van der Waals surface area contributed by atoms with Gasteiger partial charge in [0.15, 0.2) is 0 Å². The zero-order chi connectivity index (χ0) is 20.9. The van der Waals surface area contributed by atoms with Crippen LogP contribution in [0.5, 0.6) is 0 Å². The molecule has 4 fully saturated rings. The molecule has 4 saturated carbocycles. The quantitative estimate of drug-likeness (QED) is 0.819. The van der Waals surface area contributed by atoms with Crippen molar-refractivity contribution in [3.05, 3.63) is 59.2 Å². The highest BCUT2D eigenvalue weighted by Crippen LogP contribution is 2.57. The van der Waals surface area contributed by atoms with Gasteiger partial charge in [0.25, 0.3) is 11.8 Å². The first-order valence-corrected chi connectivity index (χ1v) is 10.9. The fraction of sp³-hybridized carbons (Fsp3) is 0.500. The van der Waals surface area contributed by atoms with E-state index in [0.717, 1.165) is 43.4 Å². The van der Waals surface area contributed by atoms with Gasteiger partial charge in [-0.25, -0.2) is 4.98 Å². The first-order chi connectivity index (χ1) is 14.3. The average Bonchev–Trinajstić information content (AvgIpc) is 2.66. The average molecular weight is 405 g/mol. The van der Waals surface area contributed by atoms with E-state index < -0.39 is 0 Å². The Kier molecular flexibility index (Phi) is 4.42. The van der Waals surface area contributed by atoms with Crippen LogP contribution >= 0.6 is 0 Å². The third-order valence-corrected chi connectivity index (χ3v) is 7.09. The molecule has 0 aromatic carbocycles. The fourth-order valence-electron chi connectivity index (χ4n) is 6.49. The summed E-state index contributed by atoms with van der Waals surface area (Å²) in [6, 6.07) is 9.25. The van der Waals surface area contributed by atoms with Crippen LogP contribution < -0.4 is 10.6 Å². The Morgan fingerprint density at radius 3 is 2.17 bits per heavy atom. The molecule has 2 N–H and O–H groups in total. The Balaban J connectivity index is 1.38. The predicted octanol–water partition coefficient (Wildman–Crippen LogP) is 3.34. The summed E-state index contributed by atoms with van der Waals surface area (Å²) in [4.78, 5) is 34.6. The van der Waals surface area contributed by atoms with Gasteiger partial charge >= 0.3 is 0 Å². The van der Waals surface area contributed by atoms with E-state index in [9.17, 15) is 9.59 Å². The standard InChI is InChI=1S/C24H28N4O2/c1-15-6-7-25-20(8-15)22(30)28-24-12-17-9-18(13-24)11-23(10-17,14-24)27-21(29)19-5-3-4-16(2)26-19/h3-8,17-18H,9-14H2,1-2H3,(H,27,29)(H,28,30). The SMILES string of the molecule is Cc1ccnc(C(=O)NC23CC4CC(C2)CC(NC(=O)c2cccc(C)n2)(C4)C3)c1. The monoisotopic (exact) mass is 404 g/mol. The number of hydrogen-bond donors (Lipinski definition) is 2. The number of nitrogens with one attached hydrogen (secondary N) is 2. The highest BCUT2D eigenvalue weighted by atomic mass is 16.2. The Morgan fingerprint density at radius 1 is 0.933 bits per heavy atom. The normalized spacial score (nSPS) is 31.4. The molecular formula is C24H28N4O2. The van der Waals surface area contributed by atoms with Crippen molar-refractivity contribution in [1.29, 1.82) is 0 Å². The number of amides is 2. The number of rotatable bonds is 4. The summed E-state index contributed by atoms with van der Waals surface area (Å²) in [5.41, 5.74) is 2.26. The molecule has 4 aliphatic carbocycles. The van der Waals surface area contributed by atoms with Crippen LogP contribution in [0.4, 0.5) is 0 Å². The van der Waals surface area contributed by atoms with E-state index in [2.05, 4.69) is 20.6 Å². The van der Waals surface area contributed by atoms with Gasteiger partial charge < -0.3 is 10.6 Å². The van der Waals surface area contributed by atoms with Crippen molar-refractivity contribution >= 4 is 11.8 Å². The second-order valence-corrected chi connectivity index (χ2v) is 9.81. The maximum Gasteiger partial charge on any atom is 0.270 e. The molecular weight excluding hydrogens is 376 g/mol. The second kappa shape index (κ2) is 6.89. The molecule has 2 heterocycles. The number of aryl methyl sites for hydroxylation is 2. The summed E-state index contributed by atoms with van der Waals surface area (Å²) in [6.07, 6.45) is 7.61. The Bertz CT molecular complexity index is 926. The number of pyridine rings is 2. The topological polar surface area (TPSA) is 84.0 Å². The molecule has 2 aromatic heterocycles. The summed E-state index contributed by atoms with van der Waals surface area (Å²) in [5, 5.41) is 6.69. The van der Waals surface area contributed by atoms with Gasteiger partial charge in [0.1, 0.15) is 11.4 Å². The number of hydrogen-bond acceptors (Lipinski definition) is 4. The van der Waals surface area contributed by atoms with E-state index in [1.807, 2.05) is 38.1 Å². The van der Waals surface area contributed by atoms with Crippen LogP contribution in [-0.4, -0.2) is 32.9 Å². The first kappa shape index (κ1) is 19.2. The van der Waals surface area contributed by atoms with Crippen LogP contribution in [0.3, 0.4) is 0 Å². The highest BCUT2D eigenvalue weighted by molar-refractivity contribution is 5.94. The minimum absolute atomic E-state index is 0.109. The molecule has 0 saturated heterocycles. The van der Waals surface area contributed by atoms with Crippen molar-refractivity contribution in [3.63, 3.8) is 0 Å². The van der Waals surface area contributed by atoms with Crippen LogP contribution in [-0.2, 0) is 0 Å². The summed E-state index contributed by atoms with van der Waals surface area (Å²) in [7, 11) is 0. The van der Waals surface area contributed by atoms with Crippen molar-refractivity contribution in [3.8, 4) is 0 Å². The largest absolute Gasteiger partial charge is 0.345 e. The van der Waals surface area contributed by atoms with E-state index in [1.165, 1.54) is 6.42 Å². The molecule has 2 aromatic rings. The molecule has 4 bridgehead atoms. The van der Waals surface area contributed by atoms with Crippen LogP contribution in [0.25, 0.3) is 0 Å². The van der Waals surface area contributed by atoms with E-state index in [-0.39, 0.29) is 22.9 Å². The van der Waals surface area contributed by atoms with Crippen LogP contribution in [0.1, 0.15) is 70.8 Å². The lowest BCUT2D eigenvalue weighted by molar-refractivity contribution is -0.0449. The van der Waals surface area contributed by atoms with E-state index in [0.29, 0.717) is 23.2 Å². The fourth-order valence-corrected chi connectivity index (χ4v) is 6.49. The van der Waals surface area contributed by atoms with Crippen molar-refractivity contribution < 1.29 is 9.59 Å². The zero-order valence-corrected chi connectivity index (χ0v) is 17.6. The number of nitrogens with zero attached hydrogens (tertiary/aromatic N) is 2. The molecule has 4 aliphatic rings. The molecule has 6 nitrogen and oxygen atoms in total. The molecule has 2 unspecified atom stereocenters. The number of carbonyl (C=O) groups is 2. The van der Waals surface area contributed by atoms with Crippen molar-refractivity contribution in [2.75, 3.05) is 0 Å². The Labute approximate surface area is 176 Å². The summed E-state index contributed by atoms with van der Waals surface area (Å²) < 4.78 is 0. The van der Waals surface area contributed by atoms with Crippen LogP contribution in [0, 0.1) is 25.7 Å². The third-order valence-electron chi connectivity index (χ3n) is 7.09. The first-order valence-electron chi connectivity index (χ1n) is 10.9. The minimum atomic E-state index is -0.264. The lowest BCUT2D eigenvalue weighted by Crippen LogP contribution is -2.70. The van der Waals surface area contributed by atoms with Gasteiger partial charge in [-0.1, -0.05) is 6.07 Å². The predicted molar refractivity (Wildman–Crippen MR) is 113 cm³/mol. The van der Waals surface area contributed by atoms with Gasteiger partial charge in [-0.2, -0.15) is 0 Å². The smallest absolute Gasteiger partial charge is 0.270 e. The molecule has 2 atom stereocenters. The van der Waals surface area contributed by atoms with Gasteiger partial charge in [0, 0.05) is 23.0 Å². The maximum atomic E-state index is 13.0. The van der Waals surface area contributed by atoms with Crippen LogP contribution in [0.15, 0.2) is 36.5 Å². The number of carbonyl (C=O) groups excluding carboxylic acids is 2. The van der Waals surface area contributed by atoms with Crippen LogP contribution in [0.2, 0.25) is 0 Å². The molecule has 0 aliphatic heterocycles. The van der Waals surface area contributed by atoms with Gasteiger partial charge in [0.2, 0.25) is 0 Å². The van der Waals surface area contributed by atoms with Gasteiger partial charge in [0.05, 0.1) is 0 Å². The molecule has 6 rings (SSSR count). The Hall–Kier alpha value is -2.76. The molecule has 0 radical (unpaired) electrons. The molecule has 30 heavy (non-hydrogen) atoms. The summed E-state index contributed by atoms with van der Waals surface area (Å²) in [5.74, 6) is 0.843. The van der Waals surface area contributed by atoms with E-state index in [1.54, 1.807) is 12.3 Å². The maximum absolute atomic E-state index is 13.0. The van der Waals surface area contributed by atoms with Gasteiger partial charge in [-0.3, -0.25) is 14.6 Å². The zero-order valence-electron chi connectivity index (χ0n) is 17.6.